The first-order chi connectivity index (χ1) is 4.81. The van der Waals surface area contributed by atoms with Crippen molar-refractivity contribution in [2.24, 2.45) is 0 Å². The molecule has 0 saturated carbocycles. The van der Waals surface area contributed by atoms with Gasteiger partial charge < -0.3 is 4.74 Å². The van der Waals surface area contributed by atoms with Crippen LogP contribution in [0.4, 0.5) is 0 Å². The van der Waals surface area contributed by atoms with Crippen molar-refractivity contribution in [3.05, 3.63) is 0 Å². The maximum Gasteiger partial charge on any atom is 0.305 e. The monoisotopic (exact) mass is 325 g/mol. The van der Waals surface area contributed by atoms with Gasteiger partial charge in [-0.25, -0.2) is 0 Å². The van der Waals surface area contributed by atoms with Gasteiger partial charge in [0.1, 0.15) is 0 Å². The molecule has 2 nitrogen and oxygen atoms in total. The number of ether oxygens (including phenoxy) is 1. The number of rotatable bonds is 5. The minimum Gasteiger partial charge on any atom is -0.466 e. The molecular weight excluding hydrogens is 309 g/mol. The number of carbonyl (C=O) groups excluding carboxylic acids is 1. The van der Waals surface area contributed by atoms with E-state index >= 15 is 0 Å². The van der Waals surface area contributed by atoms with Gasteiger partial charge in [0.2, 0.25) is 0 Å². The molecule has 0 aliphatic rings. The SMILES string of the molecule is CCCCCC(=O)OCC.[Ta]. The minimum absolute atomic E-state index is 0. The second kappa shape index (κ2) is 10.2. The molecule has 0 bridgehead atoms. The Labute approximate surface area is 84.2 Å². The number of unbranched alkanes of at least 4 members (excludes halogenated alkanes) is 2. The summed E-state index contributed by atoms with van der Waals surface area (Å²) in [6.07, 6.45) is 3.83. The first-order valence-corrected chi connectivity index (χ1v) is 3.96. The summed E-state index contributed by atoms with van der Waals surface area (Å²) in [4.78, 5) is 10.7. The topological polar surface area (TPSA) is 26.3 Å². The number of hydrogen-bond donors (Lipinski definition) is 0. The molecule has 0 aromatic carbocycles. The third kappa shape index (κ3) is 10.2. The van der Waals surface area contributed by atoms with Gasteiger partial charge >= 0.3 is 5.97 Å². The Morgan fingerprint density at radius 3 is 2.36 bits per heavy atom. The van der Waals surface area contributed by atoms with E-state index in [1.54, 1.807) is 0 Å². The fourth-order valence-corrected chi connectivity index (χ4v) is 0.752. The summed E-state index contributed by atoms with van der Waals surface area (Å²) in [5.41, 5.74) is 0. The fraction of sp³-hybridized carbons (Fsp3) is 0.875. The van der Waals surface area contributed by atoms with Crippen LogP contribution in [0.15, 0.2) is 0 Å². The largest absolute Gasteiger partial charge is 0.466 e. The molecule has 0 saturated heterocycles. The zero-order chi connectivity index (χ0) is 7.82. The third-order valence-electron chi connectivity index (χ3n) is 1.29. The Hall–Kier alpha value is 0.210. The molecule has 0 atom stereocenters. The van der Waals surface area contributed by atoms with Crippen molar-refractivity contribution in [1.82, 2.24) is 0 Å². The quantitative estimate of drug-likeness (QED) is 0.572. The van der Waals surface area contributed by atoms with E-state index in [0.717, 1.165) is 19.3 Å². The van der Waals surface area contributed by atoms with Crippen molar-refractivity contribution < 1.29 is 31.9 Å². The number of esters is 1. The normalized spacial score (nSPS) is 8.55. The number of hydrogen-bond acceptors (Lipinski definition) is 2. The molecule has 3 heteroatoms. The minimum atomic E-state index is -0.0593. The molecule has 0 N–H and O–H groups in total. The van der Waals surface area contributed by atoms with Gasteiger partial charge in [0.25, 0.3) is 0 Å². The van der Waals surface area contributed by atoms with Crippen LogP contribution in [0, 0.1) is 0 Å². The first-order valence-electron chi connectivity index (χ1n) is 3.96. The van der Waals surface area contributed by atoms with Crippen LogP contribution in [-0.2, 0) is 31.9 Å². The van der Waals surface area contributed by atoms with Crippen LogP contribution in [0.3, 0.4) is 0 Å². The van der Waals surface area contributed by atoms with Crippen LogP contribution in [-0.4, -0.2) is 12.6 Å². The third-order valence-corrected chi connectivity index (χ3v) is 1.29. The predicted octanol–water partition coefficient (Wildman–Crippen LogP) is 2.13. The molecule has 0 fully saturated rings. The Bertz CT molecular complexity index is 94.1. The van der Waals surface area contributed by atoms with Crippen LogP contribution >= 0.6 is 0 Å². The predicted molar refractivity (Wildman–Crippen MR) is 40.8 cm³/mol. The summed E-state index contributed by atoms with van der Waals surface area (Å²) < 4.78 is 4.75. The van der Waals surface area contributed by atoms with Crippen LogP contribution in [0.25, 0.3) is 0 Å². The van der Waals surface area contributed by atoms with Crippen LogP contribution in [0.5, 0.6) is 0 Å². The van der Waals surface area contributed by atoms with E-state index in [0.29, 0.717) is 13.0 Å². The van der Waals surface area contributed by atoms with Gasteiger partial charge in [-0.15, -0.1) is 0 Å². The summed E-state index contributed by atoms with van der Waals surface area (Å²) in [5.74, 6) is -0.0593. The molecule has 0 aromatic heterocycles. The molecule has 0 aromatic rings. The Morgan fingerprint density at radius 1 is 1.27 bits per heavy atom. The van der Waals surface area contributed by atoms with Crippen molar-refractivity contribution in [2.45, 2.75) is 39.5 Å². The second-order valence-electron chi connectivity index (χ2n) is 2.26. The standard InChI is InChI=1S/C8H16O2.Ta/c1-3-5-6-7-8(9)10-4-2;/h3-7H2,1-2H3;. The van der Waals surface area contributed by atoms with E-state index in [1.807, 2.05) is 6.92 Å². The molecule has 11 heavy (non-hydrogen) atoms. The Kier molecular flexibility index (Phi) is 12.8. The Balaban J connectivity index is 0. The molecule has 0 aliphatic carbocycles. The van der Waals surface area contributed by atoms with Crippen LogP contribution in [0.2, 0.25) is 0 Å². The van der Waals surface area contributed by atoms with E-state index in [-0.39, 0.29) is 28.3 Å². The van der Waals surface area contributed by atoms with E-state index in [4.69, 9.17) is 4.74 Å². The van der Waals surface area contributed by atoms with Crippen molar-refractivity contribution in [3.63, 3.8) is 0 Å². The fourth-order valence-electron chi connectivity index (χ4n) is 0.752. The maximum absolute atomic E-state index is 10.7. The summed E-state index contributed by atoms with van der Waals surface area (Å²) in [5, 5.41) is 0. The van der Waals surface area contributed by atoms with E-state index < -0.39 is 0 Å². The summed E-state index contributed by atoms with van der Waals surface area (Å²) >= 11 is 0. The molecule has 0 rings (SSSR count). The van der Waals surface area contributed by atoms with Gasteiger partial charge in [-0.2, -0.15) is 0 Å². The molecule has 1 radical (unpaired) electrons. The van der Waals surface area contributed by atoms with Gasteiger partial charge in [-0.1, -0.05) is 19.8 Å². The molecule has 65 valence electrons. The molecule has 0 aliphatic heterocycles. The molecule has 0 spiro atoms. The van der Waals surface area contributed by atoms with Gasteiger partial charge in [0.15, 0.2) is 0 Å². The summed E-state index contributed by atoms with van der Waals surface area (Å²) in [6, 6.07) is 0. The van der Waals surface area contributed by atoms with Crippen molar-refractivity contribution >= 4 is 5.97 Å². The average Bonchev–Trinajstić information content (AvgIpc) is 1.89. The van der Waals surface area contributed by atoms with E-state index in [9.17, 15) is 4.79 Å². The summed E-state index contributed by atoms with van der Waals surface area (Å²) in [6.45, 7) is 4.45. The molecule has 0 heterocycles. The Morgan fingerprint density at radius 2 is 1.91 bits per heavy atom. The van der Waals surface area contributed by atoms with E-state index in [2.05, 4.69) is 6.92 Å². The maximum atomic E-state index is 10.7. The second-order valence-corrected chi connectivity index (χ2v) is 2.26. The smallest absolute Gasteiger partial charge is 0.305 e. The van der Waals surface area contributed by atoms with Crippen molar-refractivity contribution in [1.29, 1.82) is 0 Å². The van der Waals surface area contributed by atoms with Gasteiger partial charge in [-0.05, 0) is 13.3 Å². The molecule has 0 amide bonds. The van der Waals surface area contributed by atoms with Crippen LogP contribution in [0.1, 0.15) is 39.5 Å². The molecule has 0 unspecified atom stereocenters. The number of carbonyl (C=O) groups is 1. The van der Waals surface area contributed by atoms with Gasteiger partial charge in [0, 0.05) is 28.8 Å². The van der Waals surface area contributed by atoms with E-state index in [1.165, 1.54) is 0 Å². The first kappa shape index (κ1) is 13.8. The summed E-state index contributed by atoms with van der Waals surface area (Å²) in [7, 11) is 0. The molecular formula is C8H16O2Ta. The van der Waals surface area contributed by atoms with Crippen LogP contribution < -0.4 is 0 Å². The zero-order valence-corrected chi connectivity index (χ0v) is 10.5. The van der Waals surface area contributed by atoms with Crippen molar-refractivity contribution in [2.75, 3.05) is 6.61 Å². The zero-order valence-electron chi connectivity index (χ0n) is 7.30. The average molecular weight is 325 g/mol. The van der Waals surface area contributed by atoms with Gasteiger partial charge in [0.05, 0.1) is 6.61 Å². The van der Waals surface area contributed by atoms with Crippen molar-refractivity contribution in [3.8, 4) is 0 Å². The van der Waals surface area contributed by atoms with Gasteiger partial charge in [-0.3, -0.25) is 4.79 Å².